The van der Waals surface area contributed by atoms with Gasteiger partial charge in [0.2, 0.25) is 15.9 Å². The molecule has 0 spiro atoms. The fourth-order valence-corrected chi connectivity index (χ4v) is 3.76. The number of aryl methyl sites for hydroxylation is 1. The predicted octanol–water partition coefficient (Wildman–Crippen LogP) is 0.974. The van der Waals surface area contributed by atoms with Crippen LogP contribution in [0.5, 0.6) is 0 Å². The Hall–Kier alpha value is -1.97. The van der Waals surface area contributed by atoms with E-state index in [0.29, 0.717) is 18.7 Å². The van der Waals surface area contributed by atoms with E-state index in [9.17, 15) is 18.0 Å². The van der Waals surface area contributed by atoms with E-state index in [4.69, 9.17) is 0 Å². The number of nitrogens with zero attached hydrogens (tertiary/aromatic N) is 1. The SMILES string of the molecule is CNS(=O)(=O)Cc1ccc(CNC(=O)CCn2c(C)csc2=O)cc1. The number of carbonyl (C=O) groups is 1. The highest BCUT2D eigenvalue weighted by Gasteiger charge is 2.09. The van der Waals surface area contributed by atoms with Gasteiger partial charge >= 0.3 is 4.87 Å². The van der Waals surface area contributed by atoms with Crippen LogP contribution in [-0.2, 0) is 33.7 Å². The second-order valence-electron chi connectivity index (χ2n) is 5.60. The highest BCUT2D eigenvalue weighted by molar-refractivity contribution is 7.88. The molecule has 1 heterocycles. The summed E-state index contributed by atoms with van der Waals surface area (Å²) >= 11 is 1.13. The molecule has 0 radical (unpaired) electrons. The number of thiazole rings is 1. The van der Waals surface area contributed by atoms with Crippen molar-refractivity contribution in [1.82, 2.24) is 14.6 Å². The lowest BCUT2D eigenvalue weighted by atomic mass is 10.1. The van der Waals surface area contributed by atoms with Gasteiger partial charge in [0, 0.05) is 30.6 Å². The van der Waals surface area contributed by atoms with Crippen LogP contribution in [0.3, 0.4) is 0 Å². The Morgan fingerprint density at radius 3 is 2.40 bits per heavy atom. The van der Waals surface area contributed by atoms with E-state index in [0.717, 1.165) is 22.6 Å². The number of hydrogen-bond donors (Lipinski definition) is 2. The second kappa shape index (κ2) is 8.41. The van der Waals surface area contributed by atoms with Crippen LogP contribution < -0.4 is 14.9 Å². The number of rotatable bonds is 8. The quantitative estimate of drug-likeness (QED) is 0.710. The highest BCUT2D eigenvalue weighted by atomic mass is 32.2. The minimum absolute atomic E-state index is 0.0580. The van der Waals surface area contributed by atoms with E-state index in [1.54, 1.807) is 34.2 Å². The molecule has 0 atom stereocenters. The van der Waals surface area contributed by atoms with E-state index in [1.807, 2.05) is 6.92 Å². The van der Waals surface area contributed by atoms with Crippen LogP contribution in [0.1, 0.15) is 23.2 Å². The molecule has 7 nitrogen and oxygen atoms in total. The van der Waals surface area contributed by atoms with E-state index < -0.39 is 10.0 Å². The van der Waals surface area contributed by atoms with Gasteiger partial charge in [0.25, 0.3) is 0 Å². The Labute approximate surface area is 150 Å². The molecular weight excluding hydrogens is 362 g/mol. The number of carbonyl (C=O) groups excluding carboxylic acids is 1. The van der Waals surface area contributed by atoms with Gasteiger partial charge in [-0.15, -0.1) is 0 Å². The topological polar surface area (TPSA) is 97.3 Å². The largest absolute Gasteiger partial charge is 0.352 e. The van der Waals surface area contributed by atoms with Gasteiger partial charge in [-0.2, -0.15) is 0 Å². The standard InChI is InChI=1S/C16H21N3O4S2/c1-12-10-24-16(21)19(12)8-7-15(20)18-9-13-3-5-14(6-4-13)11-25(22,23)17-2/h3-6,10,17H,7-9,11H2,1-2H3,(H,18,20). The molecule has 2 aromatic rings. The summed E-state index contributed by atoms with van der Waals surface area (Å²) in [6.07, 6.45) is 0.232. The summed E-state index contributed by atoms with van der Waals surface area (Å²) in [5.74, 6) is -0.218. The lowest BCUT2D eigenvalue weighted by molar-refractivity contribution is -0.121. The summed E-state index contributed by atoms with van der Waals surface area (Å²) in [6, 6.07) is 7.03. The van der Waals surface area contributed by atoms with Crippen molar-refractivity contribution in [2.45, 2.75) is 32.2 Å². The molecule has 9 heteroatoms. The molecule has 0 fully saturated rings. The maximum atomic E-state index is 11.9. The number of nitrogens with one attached hydrogen (secondary N) is 2. The lowest BCUT2D eigenvalue weighted by Gasteiger charge is -2.08. The molecule has 25 heavy (non-hydrogen) atoms. The van der Waals surface area contributed by atoms with Gasteiger partial charge in [0.1, 0.15) is 0 Å². The monoisotopic (exact) mass is 383 g/mol. The van der Waals surface area contributed by atoms with Gasteiger partial charge in [-0.3, -0.25) is 9.59 Å². The minimum atomic E-state index is -3.29. The Balaban J connectivity index is 1.82. The molecule has 0 aliphatic carbocycles. The molecule has 0 bridgehead atoms. The molecule has 1 aromatic heterocycles. The van der Waals surface area contributed by atoms with Crippen LogP contribution in [0, 0.1) is 6.92 Å². The summed E-state index contributed by atoms with van der Waals surface area (Å²) in [5, 5.41) is 4.57. The lowest BCUT2D eigenvalue weighted by Crippen LogP contribution is -2.26. The van der Waals surface area contributed by atoms with Crippen molar-refractivity contribution < 1.29 is 13.2 Å². The fraction of sp³-hybridized carbons (Fsp3) is 0.375. The van der Waals surface area contributed by atoms with Gasteiger partial charge in [-0.05, 0) is 25.1 Å². The van der Waals surface area contributed by atoms with E-state index in [2.05, 4.69) is 10.0 Å². The number of aromatic nitrogens is 1. The number of hydrogen-bond acceptors (Lipinski definition) is 5. The van der Waals surface area contributed by atoms with Gasteiger partial charge in [0.05, 0.1) is 5.75 Å². The summed E-state index contributed by atoms with van der Waals surface area (Å²) in [7, 11) is -1.91. The van der Waals surface area contributed by atoms with Crippen LogP contribution in [0.15, 0.2) is 34.4 Å². The van der Waals surface area contributed by atoms with Gasteiger partial charge < -0.3 is 9.88 Å². The van der Waals surface area contributed by atoms with Crippen molar-refractivity contribution in [3.05, 3.63) is 56.1 Å². The highest BCUT2D eigenvalue weighted by Crippen LogP contribution is 2.08. The first-order valence-corrected chi connectivity index (χ1v) is 10.2. The molecule has 0 aliphatic rings. The Morgan fingerprint density at radius 2 is 1.84 bits per heavy atom. The molecule has 0 saturated carbocycles. The van der Waals surface area contributed by atoms with Crippen molar-refractivity contribution in [1.29, 1.82) is 0 Å². The van der Waals surface area contributed by atoms with Gasteiger partial charge in [-0.1, -0.05) is 35.6 Å². The molecule has 0 aliphatic heterocycles. The average Bonchev–Trinajstić information content (AvgIpc) is 2.90. The molecular formula is C16H21N3O4S2. The first kappa shape index (κ1) is 19.4. The number of benzene rings is 1. The number of sulfonamides is 1. The molecule has 0 unspecified atom stereocenters. The van der Waals surface area contributed by atoms with E-state index in [1.165, 1.54) is 7.05 Å². The third-order valence-electron chi connectivity index (χ3n) is 3.72. The Bertz CT molecular complexity index is 883. The van der Waals surface area contributed by atoms with Crippen molar-refractivity contribution >= 4 is 27.3 Å². The average molecular weight is 383 g/mol. The van der Waals surface area contributed by atoms with Crippen LogP contribution in [0.2, 0.25) is 0 Å². The normalized spacial score (nSPS) is 11.4. The van der Waals surface area contributed by atoms with Crippen molar-refractivity contribution in [3.8, 4) is 0 Å². The Morgan fingerprint density at radius 1 is 1.20 bits per heavy atom. The number of amides is 1. The summed E-state index contributed by atoms with van der Waals surface area (Å²) in [4.78, 5) is 23.4. The fourth-order valence-electron chi connectivity index (χ4n) is 2.22. The molecule has 136 valence electrons. The van der Waals surface area contributed by atoms with Crippen LogP contribution in [0.4, 0.5) is 0 Å². The minimum Gasteiger partial charge on any atom is -0.352 e. The van der Waals surface area contributed by atoms with Gasteiger partial charge in [-0.25, -0.2) is 13.1 Å². The molecule has 0 saturated heterocycles. The van der Waals surface area contributed by atoms with Crippen LogP contribution in [0.25, 0.3) is 0 Å². The summed E-state index contributed by atoms with van der Waals surface area (Å²) in [5.41, 5.74) is 2.41. The van der Waals surface area contributed by atoms with Crippen LogP contribution >= 0.6 is 11.3 Å². The smallest absolute Gasteiger partial charge is 0.307 e. The summed E-state index contributed by atoms with van der Waals surface area (Å²) in [6.45, 7) is 2.56. The van der Waals surface area contributed by atoms with Crippen LogP contribution in [-0.4, -0.2) is 25.9 Å². The third-order valence-corrected chi connectivity index (χ3v) is 5.94. The molecule has 2 N–H and O–H groups in total. The Kier molecular flexibility index (Phi) is 6.51. The zero-order valence-electron chi connectivity index (χ0n) is 14.1. The predicted molar refractivity (Wildman–Crippen MR) is 97.9 cm³/mol. The first-order chi connectivity index (χ1) is 11.8. The zero-order valence-corrected chi connectivity index (χ0v) is 15.7. The molecule has 2 rings (SSSR count). The molecule has 1 amide bonds. The van der Waals surface area contributed by atoms with Crippen molar-refractivity contribution in [2.75, 3.05) is 7.05 Å². The van der Waals surface area contributed by atoms with E-state index in [-0.39, 0.29) is 23.0 Å². The second-order valence-corrected chi connectivity index (χ2v) is 8.35. The maximum Gasteiger partial charge on any atom is 0.307 e. The zero-order chi connectivity index (χ0) is 18.4. The van der Waals surface area contributed by atoms with Gasteiger partial charge in [0.15, 0.2) is 0 Å². The first-order valence-electron chi connectivity index (χ1n) is 7.71. The van der Waals surface area contributed by atoms with Crippen molar-refractivity contribution in [3.63, 3.8) is 0 Å². The van der Waals surface area contributed by atoms with E-state index >= 15 is 0 Å². The summed E-state index contributed by atoms with van der Waals surface area (Å²) < 4.78 is 26.8. The maximum absolute atomic E-state index is 11.9. The van der Waals surface area contributed by atoms with Crippen molar-refractivity contribution in [2.24, 2.45) is 0 Å². The molecule has 1 aromatic carbocycles. The third kappa shape index (κ3) is 5.80.